The first-order chi connectivity index (χ1) is 14.2. The Bertz CT molecular complexity index is 706. The Balaban J connectivity index is 1.57. The number of β-amino-alcohol motifs (C(OH)–C–C–N with tert-alkyl or cyclic N) is 1. The molecule has 1 saturated heterocycles. The van der Waals surface area contributed by atoms with Crippen molar-refractivity contribution in [2.75, 3.05) is 19.6 Å². The van der Waals surface area contributed by atoms with Crippen LogP contribution in [0.3, 0.4) is 0 Å². The van der Waals surface area contributed by atoms with Gasteiger partial charge in [-0.05, 0) is 63.1 Å². The van der Waals surface area contributed by atoms with Gasteiger partial charge in [-0.1, -0.05) is 31.4 Å². The zero-order chi connectivity index (χ0) is 21.7. The molecule has 6 heteroatoms. The molecule has 4 atom stereocenters. The monoisotopic (exact) mass is 419 g/mol. The van der Waals surface area contributed by atoms with Crippen LogP contribution in [-0.4, -0.2) is 53.2 Å². The molecule has 1 heterocycles. The standard InChI is InChI=1S/C24H38FN3O2/c1-24(2,3)27-23(30)22-12-18-8-4-5-9-19(18)15-28(22)16-21(29)14-26-13-17-7-6-10-20(25)11-17/h6-7,10-11,18-19,21-22,26,29H,4-5,8-9,12-16H2,1-3H3,(H,27,30)/t18-,19+,21-,22-/m0/s1. The van der Waals surface area contributed by atoms with Crippen LogP contribution in [0.4, 0.5) is 4.39 Å². The zero-order valence-corrected chi connectivity index (χ0v) is 18.7. The molecule has 168 valence electrons. The second-order valence-corrected chi connectivity index (χ2v) is 10.2. The third-order valence-corrected chi connectivity index (χ3v) is 6.35. The van der Waals surface area contributed by atoms with E-state index >= 15 is 0 Å². The summed E-state index contributed by atoms with van der Waals surface area (Å²) in [5, 5.41) is 17.0. The number of amides is 1. The summed E-state index contributed by atoms with van der Waals surface area (Å²) in [5.74, 6) is 1.07. The van der Waals surface area contributed by atoms with Crippen LogP contribution in [0.25, 0.3) is 0 Å². The zero-order valence-electron chi connectivity index (χ0n) is 18.7. The highest BCUT2D eigenvalue weighted by atomic mass is 19.1. The molecule has 2 fully saturated rings. The van der Waals surface area contributed by atoms with Crippen LogP contribution in [0.1, 0.15) is 58.4 Å². The van der Waals surface area contributed by atoms with Crippen molar-refractivity contribution in [3.05, 3.63) is 35.6 Å². The number of aliphatic hydroxyl groups is 1. The van der Waals surface area contributed by atoms with Crippen molar-refractivity contribution in [1.29, 1.82) is 0 Å². The maximum Gasteiger partial charge on any atom is 0.237 e. The van der Waals surface area contributed by atoms with Gasteiger partial charge in [-0.3, -0.25) is 9.69 Å². The van der Waals surface area contributed by atoms with Gasteiger partial charge in [0.05, 0.1) is 12.1 Å². The molecule has 1 aromatic carbocycles. The van der Waals surface area contributed by atoms with Gasteiger partial charge in [-0.15, -0.1) is 0 Å². The highest BCUT2D eigenvalue weighted by molar-refractivity contribution is 5.82. The van der Waals surface area contributed by atoms with E-state index in [9.17, 15) is 14.3 Å². The van der Waals surface area contributed by atoms with Gasteiger partial charge in [0.15, 0.2) is 0 Å². The molecule has 1 aliphatic heterocycles. The van der Waals surface area contributed by atoms with Crippen molar-refractivity contribution in [3.63, 3.8) is 0 Å². The van der Waals surface area contributed by atoms with Gasteiger partial charge in [0.1, 0.15) is 5.82 Å². The number of likely N-dealkylation sites (tertiary alicyclic amines) is 1. The lowest BCUT2D eigenvalue weighted by Gasteiger charge is -2.46. The first-order valence-electron chi connectivity index (χ1n) is 11.4. The molecule has 0 spiro atoms. The summed E-state index contributed by atoms with van der Waals surface area (Å²) in [6.45, 7) is 8.30. The van der Waals surface area contributed by atoms with E-state index in [1.807, 2.05) is 26.8 Å². The molecular formula is C24H38FN3O2. The highest BCUT2D eigenvalue weighted by Crippen LogP contribution is 2.38. The van der Waals surface area contributed by atoms with Crippen LogP contribution in [0.2, 0.25) is 0 Å². The molecule has 0 unspecified atom stereocenters. The summed E-state index contributed by atoms with van der Waals surface area (Å²) >= 11 is 0. The van der Waals surface area contributed by atoms with Crippen LogP contribution in [-0.2, 0) is 11.3 Å². The molecule has 2 aliphatic rings. The van der Waals surface area contributed by atoms with E-state index in [2.05, 4.69) is 15.5 Å². The Hall–Kier alpha value is -1.50. The Morgan fingerprint density at radius 2 is 2.00 bits per heavy atom. The van der Waals surface area contributed by atoms with Gasteiger partial charge in [0.2, 0.25) is 5.91 Å². The summed E-state index contributed by atoms with van der Waals surface area (Å²) in [7, 11) is 0. The lowest BCUT2D eigenvalue weighted by atomic mass is 9.72. The molecule has 3 N–H and O–H groups in total. The number of aliphatic hydroxyl groups excluding tert-OH is 1. The van der Waals surface area contributed by atoms with Gasteiger partial charge in [0.25, 0.3) is 0 Å². The minimum absolute atomic E-state index is 0.0754. The van der Waals surface area contributed by atoms with Crippen LogP contribution in [0.15, 0.2) is 24.3 Å². The Kier molecular flexibility index (Phi) is 7.88. The summed E-state index contributed by atoms with van der Waals surface area (Å²) in [6.07, 6.45) is 5.28. The molecule has 3 rings (SSSR count). The van der Waals surface area contributed by atoms with Gasteiger partial charge < -0.3 is 15.7 Å². The Labute approximate surface area is 180 Å². The number of fused-ring (bicyclic) bond motifs is 1. The fourth-order valence-corrected chi connectivity index (χ4v) is 4.99. The quantitative estimate of drug-likeness (QED) is 0.636. The third kappa shape index (κ3) is 6.76. The number of hydrogen-bond donors (Lipinski definition) is 3. The van der Waals surface area contributed by atoms with Crippen LogP contribution in [0, 0.1) is 17.7 Å². The maximum atomic E-state index is 13.3. The first kappa shape index (κ1) is 23.2. The number of nitrogens with one attached hydrogen (secondary N) is 2. The van der Waals surface area contributed by atoms with E-state index in [1.165, 1.54) is 37.8 Å². The molecule has 0 aromatic heterocycles. The molecule has 30 heavy (non-hydrogen) atoms. The van der Waals surface area contributed by atoms with Gasteiger partial charge in [-0.25, -0.2) is 4.39 Å². The van der Waals surface area contributed by atoms with E-state index < -0.39 is 6.10 Å². The van der Waals surface area contributed by atoms with E-state index in [1.54, 1.807) is 6.07 Å². The topological polar surface area (TPSA) is 64.6 Å². The highest BCUT2D eigenvalue weighted by Gasteiger charge is 2.40. The number of piperidine rings is 1. The number of nitrogens with zero attached hydrogens (tertiary/aromatic N) is 1. The van der Waals surface area contributed by atoms with Crippen LogP contribution >= 0.6 is 0 Å². The normalized spacial score (nSPS) is 26.1. The summed E-state index contributed by atoms with van der Waals surface area (Å²) in [5.41, 5.74) is 0.588. The van der Waals surface area contributed by atoms with Gasteiger partial charge >= 0.3 is 0 Å². The SMILES string of the molecule is CC(C)(C)NC(=O)[C@@H]1C[C@@H]2CCCC[C@@H]2CN1C[C@@H](O)CNCc1cccc(F)c1. The molecule has 5 nitrogen and oxygen atoms in total. The van der Waals surface area contributed by atoms with Crippen LogP contribution in [0.5, 0.6) is 0 Å². The Morgan fingerprint density at radius 3 is 2.70 bits per heavy atom. The van der Waals surface area contributed by atoms with Crippen molar-refractivity contribution in [2.45, 2.75) is 77.1 Å². The minimum Gasteiger partial charge on any atom is -0.390 e. The molecule has 1 aromatic rings. The van der Waals surface area contributed by atoms with E-state index in [4.69, 9.17) is 0 Å². The largest absolute Gasteiger partial charge is 0.390 e. The van der Waals surface area contributed by atoms with E-state index in [0.717, 1.165) is 18.5 Å². The van der Waals surface area contributed by atoms with Gasteiger partial charge in [0, 0.05) is 31.7 Å². The molecule has 1 aliphatic carbocycles. The van der Waals surface area contributed by atoms with Crippen LogP contribution < -0.4 is 10.6 Å². The predicted molar refractivity (Wildman–Crippen MR) is 117 cm³/mol. The van der Waals surface area contributed by atoms with Gasteiger partial charge in [-0.2, -0.15) is 0 Å². The van der Waals surface area contributed by atoms with Crippen molar-refractivity contribution in [3.8, 4) is 0 Å². The lowest BCUT2D eigenvalue weighted by Crippen LogP contribution is -2.59. The Morgan fingerprint density at radius 1 is 1.27 bits per heavy atom. The molecule has 1 saturated carbocycles. The number of carbonyl (C=O) groups is 1. The van der Waals surface area contributed by atoms with E-state index in [-0.39, 0.29) is 23.3 Å². The molecule has 0 radical (unpaired) electrons. The van der Waals surface area contributed by atoms with Crippen molar-refractivity contribution in [2.24, 2.45) is 11.8 Å². The number of carbonyl (C=O) groups excluding carboxylic acids is 1. The number of halogens is 1. The molecule has 0 bridgehead atoms. The van der Waals surface area contributed by atoms with Crippen molar-refractivity contribution < 1.29 is 14.3 Å². The number of hydrogen-bond acceptors (Lipinski definition) is 4. The molecular weight excluding hydrogens is 381 g/mol. The summed E-state index contributed by atoms with van der Waals surface area (Å²) < 4.78 is 13.3. The third-order valence-electron chi connectivity index (χ3n) is 6.35. The average molecular weight is 420 g/mol. The first-order valence-corrected chi connectivity index (χ1v) is 11.4. The maximum absolute atomic E-state index is 13.3. The summed E-state index contributed by atoms with van der Waals surface area (Å²) in [4.78, 5) is 15.2. The lowest BCUT2D eigenvalue weighted by molar-refractivity contribution is -0.132. The van der Waals surface area contributed by atoms with Crippen molar-refractivity contribution >= 4 is 5.91 Å². The number of benzene rings is 1. The average Bonchev–Trinajstić information content (AvgIpc) is 2.66. The number of rotatable bonds is 7. The fraction of sp³-hybridized carbons (Fsp3) is 0.708. The second-order valence-electron chi connectivity index (χ2n) is 10.2. The summed E-state index contributed by atoms with van der Waals surface area (Å²) in [6, 6.07) is 6.30. The smallest absolute Gasteiger partial charge is 0.237 e. The minimum atomic E-state index is -0.580. The second kappa shape index (κ2) is 10.2. The predicted octanol–water partition coefficient (Wildman–Crippen LogP) is 3.07. The van der Waals surface area contributed by atoms with E-state index in [0.29, 0.717) is 31.5 Å². The molecule has 1 amide bonds. The van der Waals surface area contributed by atoms with Crippen molar-refractivity contribution in [1.82, 2.24) is 15.5 Å². The fourth-order valence-electron chi connectivity index (χ4n) is 4.99.